The van der Waals surface area contributed by atoms with Crippen molar-refractivity contribution in [3.63, 3.8) is 0 Å². The smallest absolute Gasteiger partial charge is 0.247 e. The minimum Gasteiger partial charge on any atom is -0.321 e. The van der Waals surface area contributed by atoms with E-state index in [2.05, 4.69) is 27.8 Å². The molecule has 4 heteroatoms. The third-order valence-electron chi connectivity index (χ3n) is 2.71. The van der Waals surface area contributed by atoms with Gasteiger partial charge in [-0.3, -0.25) is 9.59 Å². The number of carbonyl (C=O) groups excluding carboxylic acids is 2. The Hall–Kier alpha value is -2.20. The van der Waals surface area contributed by atoms with Crippen LogP contribution < -0.4 is 5.32 Å². The summed E-state index contributed by atoms with van der Waals surface area (Å²) in [6.45, 7) is 3.39. The predicted molar refractivity (Wildman–Crippen MR) is 82.8 cm³/mol. The molecule has 2 rings (SSSR count). The van der Waals surface area contributed by atoms with Crippen molar-refractivity contribution < 1.29 is 9.59 Å². The maximum Gasteiger partial charge on any atom is 0.247 e. The number of rotatable bonds is 4. The first kappa shape index (κ1) is 14.2. The SMILES string of the molecule is C=CC(=O)Nc1ccc(C(=O)c2ccccc2)cc1Br. The Labute approximate surface area is 125 Å². The zero-order chi connectivity index (χ0) is 14.5. The monoisotopic (exact) mass is 329 g/mol. The fraction of sp³-hybridized carbons (Fsp3) is 0. The molecule has 0 radical (unpaired) electrons. The van der Waals surface area contributed by atoms with Crippen LogP contribution in [0.25, 0.3) is 0 Å². The zero-order valence-electron chi connectivity index (χ0n) is 10.6. The van der Waals surface area contributed by atoms with Crippen LogP contribution >= 0.6 is 15.9 Å². The van der Waals surface area contributed by atoms with E-state index in [1.165, 1.54) is 6.08 Å². The number of anilines is 1. The Morgan fingerprint density at radius 2 is 1.75 bits per heavy atom. The molecular weight excluding hydrogens is 318 g/mol. The van der Waals surface area contributed by atoms with Crippen LogP contribution in [-0.4, -0.2) is 11.7 Å². The number of halogens is 1. The molecule has 0 aromatic heterocycles. The van der Waals surface area contributed by atoms with Crippen molar-refractivity contribution in [3.8, 4) is 0 Å². The first-order valence-corrected chi connectivity index (χ1v) is 6.74. The van der Waals surface area contributed by atoms with E-state index in [1.54, 1.807) is 30.3 Å². The Kier molecular flexibility index (Phi) is 4.48. The van der Waals surface area contributed by atoms with Crippen LogP contribution in [0.3, 0.4) is 0 Å². The summed E-state index contributed by atoms with van der Waals surface area (Å²) in [6.07, 6.45) is 1.19. The minimum absolute atomic E-state index is 0.0621. The van der Waals surface area contributed by atoms with Crippen LogP contribution in [0.1, 0.15) is 15.9 Å². The lowest BCUT2D eigenvalue weighted by molar-refractivity contribution is -0.111. The van der Waals surface area contributed by atoms with Crippen molar-refractivity contribution in [2.75, 3.05) is 5.32 Å². The number of benzene rings is 2. The summed E-state index contributed by atoms with van der Waals surface area (Å²) in [5.41, 5.74) is 1.78. The standard InChI is InChI=1S/C16H12BrNO2/c1-2-15(19)18-14-9-8-12(10-13(14)17)16(20)11-6-4-3-5-7-11/h2-10H,1H2,(H,18,19). The molecule has 0 bridgehead atoms. The highest BCUT2D eigenvalue weighted by atomic mass is 79.9. The van der Waals surface area contributed by atoms with E-state index < -0.39 is 0 Å². The number of ketones is 1. The van der Waals surface area contributed by atoms with Crippen molar-refractivity contribution in [1.82, 2.24) is 0 Å². The predicted octanol–water partition coefficient (Wildman–Crippen LogP) is 3.80. The Morgan fingerprint density at radius 1 is 1.05 bits per heavy atom. The number of amides is 1. The molecule has 2 aromatic rings. The molecule has 20 heavy (non-hydrogen) atoms. The van der Waals surface area contributed by atoms with E-state index in [-0.39, 0.29) is 11.7 Å². The Balaban J connectivity index is 2.27. The van der Waals surface area contributed by atoms with Gasteiger partial charge >= 0.3 is 0 Å². The molecular formula is C16H12BrNO2. The zero-order valence-corrected chi connectivity index (χ0v) is 12.2. The topological polar surface area (TPSA) is 46.2 Å². The highest BCUT2D eigenvalue weighted by molar-refractivity contribution is 9.10. The van der Waals surface area contributed by atoms with Crippen molar-refractivity contribution in [2.45, 2.75) is 0 Å². The van der Waals surface area contributed by atoms with Crippen LogP contribution in [-0.2, 0) is 4.79 Å². The van der Waals surface area contributed by atoms with Gasteiger partial charge in [0, 0.05) is 15.6 Å². The number of hydrogen-bond acceptors (Lipinski definition) is 2. The molecule has 0 heterocycles. The Morgan fingerprint density at radius 3 is 2.35 bits per heavy atom. The average molecular weight is 330 g/mol. The Bertz CT molecular complexity index is 665. The molecule has 0 saturated carbocycles. The molecule has 1 N–H and O–H groups in total. The first-order chi connectivity index (χ1) is 9.61. The first-order valence-electron chi connectivity index (χ1n) is 5.94. The van der Waals surface area contributed by atoms with E-state index in [0.29, 0.717) is 21.3 Å². The molecule has 0 spiro atoms. The fourth-order valence-corrected chi connectivity index (χ4v) is 2.18. The molecule has 3 nitrogen and oxygen atoms in total. The van der Waals surface area contributed by atoms with Gasteiger partial charge in [0.15, 0.2) is 5.78 Å². The van der Waals surface area contributed by atoms with Gasteiger partial charge in [0.25, 0.3) is 0 Å². The summed E-state index contributed by atoms with van der Waals surface area (Å²) in [6, 6.07) is 14.1. The summed E-state index contributed by atoms with van der Waals surface area (Å²) in [5.74, 6) is -0.360. The lowest BCUT2D eigenvalue weighted by Crippen LogP contribution is -2.08. The second-order valence-electron chi connectivity index (χ2n) is 4.08. The van der Waals surface area contributed by atoms with E-state index >= 15 is 0 Å². The van der Waals surface area contributed by atoms with Crippen LogP contribution in [0.15, 0.2) is 65.7 Å². The molecule has 0 saturated heterocycles. The summed E-state index contributed by atoms with van der Waals surface area (Å²) in [5, 5.41) is 2.65. The van der Waals surface area contributed by atoms with Gasteiger partial charge in [0.1, 0.15) is 0 Å². The highest BCUT2D eigenvalue weighted by Crippen LogP contribution is 2.25. The van der Waals surface area contributed by atoms with Gasteiger partial charge in [-0.25, -0.2) is 0 Å². The molecule has 2 aromatic carbocycles. The van der Waals surface area contributed by atoms with Gasteiger partial charge in [-0.2, -0.15) is 0 Å². The van der Waals surface area contributed by atoms with Gasteiger partial charge in [-0.1, -0.05) is 36.9 Å². The summed E-state index contributed by atoms with van der Waals surface area (Å²) < 4.78 is 0.648. The summed E-state index contributed by atoms with van der Waals surface area (Å²) in [7, 11) is 0. The van der Waals surface area contributed by atoms with Gasteiger partial charge < -0.3 is 5.32 Å². The molecule has 0 fully saturated rings. The third-order valence-corrected chi connectivity index (χ3v) is 3.37. The van der Waals surface area contributed by atoms with Crippen LogP contribution in [0.4, 0.5) is 5.69 Å². The molecule has 1 amide bonds. The number of carbonyl (C=O) groups is 2. The van der Waals surface area contributed by atoms with Crippen LogP contribution in [0.5, 0.6) is 0 Å². The van der Waals surface area contributed by atoms with Crippen molar-refractivity contribution >= 4 is 33.3 Å². The van der Waals surface area contributed by atoms with E-state index in [9.17, 15) is 9.59 Å². The van der Waals surface area contributed by atoms with Gasteiger partial charge in [-0.15, -0.1) is 0 Å². The second kappa shape index (κ2) is 6.30. The second-order valence-corrected chi connectivity index (χ2v) is 4.94. The quantitative estimate of drug-likeness (QED) is 0.684. The van der Waals surface area contributed by atoms with E-state index in [1.807, 2.05) is 18.2 Å². The highest BCUT2D eigenvalue weighted by Gasteiger charge is 2.11. The van der Waals surface area contributed by atoms with Crippen molar-refractivity contribution in [1.29, 1.82) is 0 Å². The van der Waals surface area contributed by atoms with Gasteiger partial charge in [0.2, 0.25) is 5.91 Å². The lowest BCUT2D eigenvalue weighted by atomic mass is 10.0. The van der Waals surface area contributed by atoms with E-state index in [0.717, 1.165) is 0 Å². The molecule has 0 aliphatic heterocycles. The van der Waals surface area contributed by atoms with Crippen molar-refractivity contribution in [3.05, 3.63) is 76.8 Å². The summed E-state index contributed by atoms with van der Waals surface area (Å²) >= 11 is 3.34. The van der Waals surface area contributed by atoms with Crippen LogP contribution in [0, 0.1) is 0 Å². The molecule has 0 unspecified atom stereocenters. The van der Waals surface area contributed by atoms with Crippen molar-refractivity contribution in [2.24, 2.45) is 0 Å². The van der Waals surface area contributed by atoms with Gasteiger partial charge in [-0.05, 0) is 40.2 Å². The lowest BCUT2D eigenvalue weighted by Gasteiger charge is -2.07. The molecule has 0 atom stereocenters. The molecule has 100 valence electrons. The maximum atomic E-state index is 12.3. The number of nitrogens with one attached hydrogen (secondary N) is 1. The summed E-state index contributed by atoms with van der Waals surface area (Å²) in [4.78, 5) is 23.5. The van der Waals surface area contributed by atoms with Gasteiger partial charge in [0.05, 0.1) is 5.69 Å². The molecule has 0 aliphatic rings. The maximum absolute atomic E-state index is 12.3. The molecule has 0 aliphatic carbocycles. The normalized spacial score (nSPS) is 9.85. The third kappa shape index (κ3) is 3.22. The van der Waals surface area contributed by atoms with E-state index in [4.69, 9.17) is 0 Å². The van der Waals surface area contributed by atoms with Crippen LogP contribution in [0.2, 0.25) is 0 Å². The fourth-order valence-electron chi connectivity index (χ4n) is 1.70. The largest absolute Gasteiger partial charge is 0.321 e. The average Bonchev–Trinajstić information content (AvgIpc) is 2.49. The number of hydrogen-bond donors (Lipinski definition) is 1. The minimum atomic E-state index is -0.298.